The molecule has 0 N–H and O–H groups in total. The van der Waals surface area contributed by atoms with Crippen molar-refractivity contribution in [2.45, 2.75) is 19.3 Å². The van der Waals surface area contributed by atoms with Crippen LogP contribution in [0.3, 0.4) is 0 Å². The van der Waals surface area contributed by atoms with Crippen molar-refractivity contribution in [3.63, 3.8) is 0 Å². The maximum absolute atomic E-state index is 12.9. The fourth-order valence-electron chi connectivity index (χ4n) is 4.25. The Kier molecular flexibility index (Phi) is 6.53. The second-order valence-corrected chi connectivity index (χ2v) is 8.72. The number of piperidine rings is 1. The Balaban J connectivity index is 1.49. The van der Waals surface area contributed by atoms with Gasteiger partial charge in [0.1, 0.15) is 5.69 Å². The summed E-state index contributed by atoms with van der Waals surface area (Å²) in [4.78, 5) is 30.2. The molecule has 0 saturated carbocycles. The average molecular weight is 463 g/mol. The number of nitro benzene ring substituents is 1. The molecule has 2 aromatic rings. The number of anilines is 2. The summed E-state index contributed by atoms with van der Waals surface area (Å²) in [5.41, 5.74) is 2.19. The molecule has 2 heterocycles. The number of carbonyl (C=O) groups excluding carboxylic acids is 1. The van der Waals surface area contributed by atoms with E-state index in [1.807, 2.05) is 6.07 Å². The first-order valence-electron chi connectivity index (χ1n) is 10.5. The molecule has 0 aromatic heterocycles. The molecular formula is C22H24Cl2N4O3. The monoisotopic (exact) mass is 462 g/mol. The minimum Gasteiger partial charge on any atom is -0.368 e. The Morgan fingerprint density at radius 1 is 0.871 bits per heavy atom. The van der Waals surface area contributed by atoms with Crippen molar-refractivity contribution < 1.29 is 9.72 Å². The minimum atomic E-state index is -0.306. The van der Waals surface area contributed by atoms with Crippen LogP contribution in [0.15, 0.2) is 36.4 Å². The number of piperazine rings is 1. The van der Waals surface area contributed by atoms with E-state index in [4.69, 9.17) is 23.2 Å². The smallest absolute Gasteiger partial charge is 0.292 e. The van der Waals surface area contributed by atoms with Gasteiger partial charge in [0.15, 0.2) is 0 Å². The molecule has 31 heavy (non-hydrogen) atoms. The summed E-state index contributed by atoms with van der Waals surface area (Å²) >= 11 is 12.2. The number of hydrogen-bond acceptors (Lipinski definition) is 5. The highest BCUT2D eigenvalue weighted by Gasteiger charge is 2.26. The first-order chi connectivity index (χ1) is 14.9. The van der Waals surface area contributed by atoms with Crippen LogP contribution in [0.25, 0.3) is 0 Å². The maximum atomic E-state index is 12.9. The molecule has 164 valence electrons. The zero-order valence-corrected chi connectivity index (χ0v) is 18.6. The molecule has 4 rings (SSSR count). The average Bonchev–Trinajstić information content (AvgIpc) is 2.80. The summed E-state index contributed by atoms with van der Waals surface area (Å²) in [7, 11) is 0. The van der Waals surface area contributed by atoms with E-state index in [9.17, 15) is 14.9 Å². The van der Waals surface area contributed by atoms with Gasteiger partial charge in [0.2, 0.25) is 0 Å². The number of amides is 1. The number of carbonyl (C=O) groups is 1. The summed E-state index contributed by atoms with van der Waals surface area (Å²) in [5.74, 6) is -0.134. The lowest BCUT2D eigenvalue weighted by Gasteiger charge is -2.37. The Bertz CT molecular complexity index is 987. The number of hydrogen-bond donors (Lipinski definition) is 0. The summed E-state index contributed by atoms with van der Waals surface area (Å²) in [6.07, 6.45) is 3.26. The molecule has 0 bridgehead atoms. The van der Waals surface area contributed by atoms with Crippen molar-refractivity contribution in [2.75, 3.05) is 49.1 Å². The van der Waals surface area contributed by atoms with Crippen molar-refractivity contribution in [3.8, 4) is 0 Å². The number of benzene rings is 2. The van der Waals surface area contributed by atoms with Gasteiger partial charge in [0, 0.05) is 56.0 Å². The van der Waals surface area contributed by atoms with Crippen LogP contribution in [0.1, 0.15) is 29.6 Å². The van der Waals surface area contributed by atoms with Gasteiger partial charge in [-0.1, -0.05) is 23.2 Å². The van der Waals surface area contributed by atoms with Crippen LogP contribution in [0.2, 0.25) is 10.0 Å². The lowest BCUT2D eigenvalue weighted by atomic mass is 10.1. The quantitative estimate of drug-likeness (QED) is 0.479. The Morgan fingerprint density at radius 3 is 2.26 bits per heavy atom. The maximum Gasteiger partial charge on any atom is 0.292 e. The summed E-state index contributed by atoms with van der Waals surface area (Å²) in [6.45, 7) is 4.04. The van der Waals surface area contributed by atoms with Crippen molar-refractivity contribution >= 4 is 46.2 Å². The molecular weight excluding hydrogens is 439 g/mol. The molecule has 9 heteroatoms. The highest BCUT2D eigenvalue weighted by molar-refractivity contribution is 6.35. The van der Waals surface area contributed by atoms with Gasteiger partial charge in [0.05, 0.1) is 15.5 Å². The second-order valence-electron chi connectivity index (χ2n) is 7.88. The van der Waals surface area contributed by atoms with Crippen molar-refractivity contribution in [3.05, 3.63) is 62.1 Å². The summed E-state index contributed by atoms with van der Waals surface area (Å²) in [6, 6.07) is 10.2. The molecule has 0 unspecified atom stereocenters. The first kappa shape index (κ1) is 21.7. The van der Waals surface area contributed by atoms with E-state index >= 15 is 0 Å². The highest BCUT2D eigenvalue weighted by atomic mass is 35.5. The van der Waals surface area contributed by atoms with E-state index in [0.29, 0.717) is 47.5 Å². The first-order valence-corrected chi connectivity index (χ1v) is 11.2. The number of halogens is 2. The molecule has 1 amide bonds. The predicted octanol–water partition coefficient (Wildman–Crippen LogP) is 4.85. The van der Waals surface area contributed by atoms with E-state index in [2.05, 4.69) is 9.80 Å². The predicted molar refractivity (Wildman–Crippen MR) is 124 cm³/mol. The van der Waals surface area contributed by atoms with Gasteiger partial charge in [-0.3, -0.25) is 14.9 Å². The van der Waals surface area contributed by atoms with Gasteiger partial charge in [-0.25, -0.2) is 0 Å². The van der Waals surface area contributed by atoms with Crippen LogP contribution < -0.4 is 9.80 Å². The topological polar surface area (TPSA) is 69.9 Å². The molecule has 2 aromatic carbocycles. The number of nitrogens with zero attached hydrogens (tertiary/aromatic N) is 4. The Hall–Kier alpha value is -2.51. The molecule has 0 aliphatic carbocycles. The fourth-order valence-corrected chi connectivity index (χ4v) is 4.62. The van der Waals surface area contributed by atoms with Crippen LogP contribution >= 0.6 is 23.2 Å². The minimum absolute atomic E-state index is 0.134. The van der Waals surface area contributed by atoms with Gasteiger partial charge in [0.25, 0.3) is 11.6 Å². The molecule has 2 aliphatic heterocycles. The third-order valence-electron chi connectivity index (χ3n) is 5.94. The van der Waals surface area contributed by atoms with Crippen molar-refractivity contribution in [1.82, 2.24) is 4.90 Å². The van der Waals surface area contributed by atoms with Gasteiger partial charge >= 0.3 is 0 Å². The van der Waals surface area contributed by atoms with Gasteiger partial charge in [-0.2, -0.15) is 0 Å². The van der Waals surface area contributed by atoms with E-state index in [1.54, 1.807) is 35.2 Å². The second kappa shape index (κ2) is 9.32. The zero-order valence-electron chi connectivity index (χ0n) is 17.1. The standard InChI is InChI=1S/C22H24Cl2N4O3/c23-16-4-6-19(24)18(14-16)22(29)27-12-10-25(11-13-27)17-5-7-20(28(30)31)21(15-17)26-8-2-1-3-9-26/h4-7,14-15H,1-3,8-13H2. The van der Waals surface area contributed by atoms with Gasteiger partial charge in [-0.05, 0) is 49.6 Å². The zero-order chi connectivity index (χ0) is 22.0. The van der Waals surface area contributed by atoms with Crippen LogP contribution in [0.4, 0.5) is 17.1 Å². The summed E-state index contributed by atoms with van der Waals surface area (Å²) < 4.78 is 0. The van der Waals surface area contributed by atoms with E-state index in [0.717, 1.165) is 38.0 Å². The molecule has 2 aliphatic rings. The third kappa shape index (κ3) is 4.72. The van der Waals surface area contributed by atoms with Crippen LogP contribution in [0, 0.1) is 10.1 Å². The number of nitro groups is 1. The fraction of sp³-hybridized carbons (Fsp3) is 0.409. The van der Waals surface area contributed by atoms with Crippen LogP contribution in [-0.4, -0.2) is 55.0 Å². The Morgan fingerprint density at radius 2 is 1.58 bits per heavy atom. The van der Waals surface area contributed by atoms with Crippen molar-refractivity contribution in [1.29, 1.82) is 0 Å². The highest BCUT2D eigenvalue weighted by Crippen LogP contribution is 2.34. The summed E-state index contributed by atoms with van der Waals surface area (Å²) in [5, 5.41) is 12.4. The molecule has 2 fully saturated rings. The van der Waals surface area contributed by atoms with E-state index in [-0.39, 0.29) is 16.5 Å². The Labute approximate surface area is 191 Å². The lowest BCUT2D eigenvalue weighted by molar-refractivity contribution is -0.384. The molecule has 0 spiro atoms. The van der Waals surface area contributed by atoms with Gasteiger partial charge < -0.3 is 14.7 Å². The molecule has 2 saturated heterocycles. The normalized spacial score (nSPS) is 17.0. The largest absolute Gasteiger partial charge is 0.368 e. The molecule has 7 nitrogen and oxygen atoms in total. The number of rotatable bonds is 4. The third-order valence-corrected chi connectivity index (χ3v) is 6.51. The molecule has 0 atom stereocenters. The van der Waals surface area contributed by atoms with Crippen molar-refractivity contribution in [2.24, 2.45) is 0 Å². The SMILES string of the molecule is O=C(c1cc(Cl)ccc1Cl)N1CCN(c2ccc([N+](=O)[O-])c(N3CCCCC3)c2)CC1. The van der Waals surface area contributed by atoms with E-state index < -0.39 is 0 Å². The molecule has 0 radical (unpaired) electrons. The van der Waals surface area contributed by atoms with Crippen LogP contribution in [0.5, 0.6) is 0 Å². The lowest BCUT2D eigenvalue weighted by Crippen LogP contribution is -2.49. The van der Waals surface area contributed by atoms with Gasteiger partial charge in [-0.15, -0.1) is 0 Å². The van der Waals surface area contributed by atoms with Crippen LogP contribution in [-0.2, 0) is 0 Å². The van der Waals surface area contributed by atoms with E-state index in [1.165, 1.54) is 0 Å².